The number of hydrogen-bond donors (Lipinski definition) is 2. The van der Waals surface area contributed by atoms with E-state index in [1.54, 1.807) is 0 Å². The molecule has 8 heteroatoms. The fourth-order valence-electron chi connectivity index (χ4n) is 5.33. The van der Waals surface area contributed by atoms with Crippen LogP contribution in [0.15, 0.2) is 115 Å². The average molecular weight is 623 g/mol. The Labute approximate surface area is 271 Å². The summed E-state index contributed by atoms with van der Waals surface area (Å²) >= 11 is 0. The quantitative estimate of drug-likeness (QED) is 0.149. The Morgan fingerprint density at radius 3 is 1.74 bits per heavy atom. The van der Waals surface area contributed by atoms with Crippen LogP contribution in [0.25, 0.3) is 11.1 Å². The first-order chi connectivity index (χ1) is 22.2. The molecule has 4 rings (SSSR count). The van der Waals surface area contributed by atoms with Gasteiger partial charge in [-0.2, -0.15) is 0 Å². The predicted molar refractivity (Wildman–Crippen MR) is 178 cm³/mol. The molecule has 0 heterocycles. The Morgan fingerprint density at radius 1 is 0.717 bits per heavy atom. The number of aliphatic carboxylic acids is 1. The number of carbonyl (C=O) groups is 3. The molecule has 0 fully saturated rings. The van der Waals surface area contributed by atoms with Crippen LogP contribution in [0.2, 0.25) is 0 Å². The molecule has 1 unspecified atom stereocenters. The van der Waals surface area contributed by atoms with Crippen molar-refractivity contribution in [3.05, 3.63) is 132 Å². The van der Waals surface area contributed by atoms with Gasteiger partial charge in [0.05, 0.1) is 6.54 Å². The lowest BCUT2D eigenvalue weighted by Gasteiger charge is -2.35. The number of carboxylic acid groups (broad SMARTS) is 1. The number of esters is 1. The molecule has 0 aliphatic carbocycles. The first kappa shape index (κ1) is 33.9. The predicted octanol–water partition coefficient (Wildman–Crippen LogP) is 6.39. The minimum atomic E-state index is -1.68. The molecule has 0 aliphatic heterocycles. The van der Waals surface area contributed by atoms with Gasteiger partial charge in [0.25, 0.3) is 0 Å². The van der Waals surface area contributed by atoms with E-state index in [-0.39, 0.29) is 38.5 Å². The van der Waals surface area contributed by atoms with Gasteiger partial charge in [0, 0.05) is 26.5 Å². The summed E-state index contributed by atoms with van der Waals surface area (Å²) in [6.45, 7) is 4.11. The van der Waals surface area contributed by atoms with E-state index in [0.29, 0.717) is 0 Å². The fraction of sp³-hybridized carbons (Fsp3) is 0.289. The van der Waals surface area contributed by atoms with Gasteiger partial charge in [-0.15, -0.1) is 0 Å². The van der Waals surface area contributed by atoms with E-state index >= 15 is 0 Å². The van der Waals surface area contributed by atoms with Gasteiger partial charge in [-0.3, -0.25) is 0 Å². The second-order valence-electron chi connectivity index (χ2n) is 11.8. The van der Waals surface area contributed by atoms with E-state index < -0.39 is 29.6 Å². The van der Waals surface area contributed by atoms with Crippen LogP contribution >= 0.6 is 0 Å². The molecular weight excluding hydrogens is 580 g/mol. The molecule has 0 bridgehead atoms. The standard InChI is InChI=1S/C38H42N2O6/c1-28(2)25-40(26-34(45-3)35(41)46-27-31-15-9-5-10-16-31)37(44)39-38(36(42)43,23-29-13-7-4-8-14-29)24-30-19-21-33(22-20-30)32-17-11-6-12-18-32/h4-22,28,34H,23-27H2,1-3H3,(H,39,44)(H,42,43)/t34?,38-/m0/s1. The Balaban J connectivity index is 1.58. The van der Waals surface area contributed by atoms with Crippen molar-refractivity contribution in [2.24, 2.45) is 5.92 Å². The van der Waals surface area contributed by atoms with Gasteiger partial charge in [0.1, 0.15) is 12.1 Å². The third-order valence-corrected chi connectivity index (χ3v) is 7.70. The highest BCUT2D eigenvalue weighted by molar-refractivity contribution is 5.87. The maximum absolute atomic E-state index is 14.0. The number of methoxy groups -OCH3 is 1. The van der Waals surface area contributed by atoms with E-state index in [0.717, 1.165) is 27.8 Å². The fourth-order valence-corrected chi connectivity index (χ4v) is 5.33. The molecule has 0 saturated heterocycles. The molecule has 4 aromatic carbocycles. The second kappa shape index (κ2) is 16.4. The van der Waals surface area contributed by atoms with Crippen LogP contribution in [0.5, 0.6) is 0 Å². The van der Waals surface area contributed by atoms with Crippen LogP contribution < -0.4 is 5.32 Å². The summed E-state index contributed by atoms with van der Waals surface area (Å²) in [5, 5.41) is 13.6. The SMILES string of the molecule is COC(CN(CC(C)C)C(=O)N[C@@](Cc1ccccc1)(Cc1ccc(-c2ccccc2)cc1)C(=O)O)C(=O)OCc1ccccc1. The van der Waals surface area contributed by atoms with Crippen molar-refractivity contribution in [2.75, 3.05) is 20.2 Å². The molecule has 4 aromatic rings. The molecule has 46 heavy (non-hydrogen) atoms. The minimum Gasteiger partial charge on any atom is -0.479 e. The highest BCUT2D eigenvalue weighted by atomic mass is 16.6. The summed E-state index contributed by atoms with van der Waals surface area (Å²) in [6, 6.07) is 35.5. The first-order valence-corrected chi connectivity index (χ1v) is 15.4. The number of urea groups is 1. The van der Waals surface area contributed by atoms with Crippen molar-refractivity contribution in [2.45, 2.75) is 44.9 Å². The lowest BCUT2D eigenvalue weighted by molar-refractivity contribution is -0.157. The van der Waals surface area contributed by atoms with Crippen LogP contribution in [0.1, 0.15) is 30.5 Å². The van der Waals surface area contributed by atoms with Crippen LogP contribution in [0.4, 0.5) is 4.79 Å². The molecular formula is C38H42N2O6. The molecule has 0 aliphatic rings. The Hall–Kier alpha value is -4.95. The maximum Gasteiger partial charge on any atom is 0.337 e. The normalized spacial score (nSPS) is 13.0. The Morgan fingerprint density at radius 2 is 1.22 bits per heavy atom. The second-order valence-corrected chi connectivity index (χ2v) is 11.8. The highest BCUT2D eigenvalue weighted by Crippen LogP contribution is 2.25. The largest absolute Gasteiger partial charge is 0.479 e. The zero-order valence-corrected chi connectivity index (χ0v) is 26.6. The smallest absolute Gasteiger partial charge is 0.337 e. The van der Waals surface area contributed by atoms with Crippen LogP contribution in [0, 0.1) is 5.92 Å². The number of carbonyl (C=O) groups excluding carboxylic acids is 2. The van der Waals surface area contributed by atoms with Crippen molar-refractivity contribution in [3.63, 3.8) is 0 Å². The third-order valence-electron chi connectivity index (χ3n) is 7.70. The number of benzene rings is 4. The van der Waals surface area contributed by atoms with Gasteiger partial charge in [0.2, 0.25) is 0 Å². The average Bonchev–Trinajstić information content (AvgIpc) is 3.07. The summed E-state index contributed by atoms with van der Waals surface area (Å²) in [5.41, 5.74) is 2.72. The Kier molecular flexibility index (Phi) is 12.1. The summed E-state index contributed by atoms with van der Waals surface area (Å²) < 4.78 is 11.0. The van der Waals surface area contributed by atoms with Crippen LogP contribution in [-0.2, 0) is 38.5 Å². The molecule has 2 amide bonds. The number of nitrogens with zero attached hydrogens (tertiary/aromatic N) is 1. The Bertz CT molecular complexity index is 1540. The summed E-state index contributed by atoms with van der Waals surface area (Å²) in [6.07, 6.45) is -0.968. The number of carboxylic acids is 1. The number of nitrogens with one attached hydrogen (secondary N) is 1. The number of hydrogen-bond acceptors (Lipinski definition) is 5. The lowest BCUT2D eigenvalue weighted by atomic mass is 9.84. The van der Waals surface area contributed by atoms with Gasteiger partial charge in [-0.1, -0.05) is 129 Å². The van der Waals surface area contributed by atoms with E-state index in [4.69, 9.17) is 9.47 Å². The van der Waals surface area contributed by atoms with E-state index in [1.807, 2.05) is 129 Å². The van der Waals surface area contributed by atoms with Crippen molar-refractivity contribution in [3.8, 4) is 11.1 Å². The minimum absolute atomic E-state index is 0.0301. The zero-order chi connectivity index (χ0) is 32.9. The number of ether oxygens (including phenoxy) is 2. The van der Waals surface area contributed by atoms with Gasteiger partial charge in [0.15, 0.2) is 6.10 Å². The molecule has 0 radical (unpaired) electrons. The molecule has 8 nitrogen and oxygen atoms in total. The van der Waals surface area contributed by atoms with Gasteiger partial charge < -0.3 is 24.8 Å². The maximum atomic E-state index is 14.0. The van der Waals surface area contributed by atoms with Crippen molar-refractivity contribution < 1.29 is 29.0 Å². The number of rotatable bonds is 15. The molecule has 2 atom stereocenters. The van der Waals surface area contributed by atoms with Crippen LogP contribution in [0.3, 0.4) is 0 Å². The van der Waals surface area contributed by atoms with Gasteiger partial charge in [-0.25, -0.2) is 14.4 Å². The van der Waals surface area contributed by atoms with Crippen molar-refractivity contribution in [1.82, 2.24) is 10.2 Å². The van der Waals surface area contributed by atoms with Gasteiger partial charge >= 0.3 is 18.0 Å². The van der Waals surface area contributed by atoms with Gasteiger partial charge in [-0.05, 0) is 33.7 Å². The summed E-state index contributed by atoms with van der Waals surface area (Å²) in [7, 11) is 1.38. The van der Waals surface area contributed by atoms with E-state index in [2.05, 4.69) is 5.32 Å². The summed E-state index contributed by atoms with van der Waals surface area (Å²) in [5.74, 6) is -1.74. The lowest BCUT2D eigenvalue weighted by Crippen LogP contribution is -2.61. The topological polar surface area (TPSA) is 105 Å². The molecule has 2 N–H and O–H groups in total. The molecule has 0 saturated carbocycles. The molecule has 0 aromatic heterocycles. The first-order valence-electron chi connectivity index (χ1n) is 15.4. The number of amides is 2. The zero-order valence-electron chi connectivity index (χ0n) is 26.6. The van der Waals surface area contributed by atoms with Crippen LogP contribution in [-0.4, -0.2) is 59.8 Å². The summed E-state index contributed by atoms with van der Waals surface area (Å²) in [4.78, 5) is 41.6. The van der Waals surface area contributed by atoms with Crippen molar-refractivity contribution >= 4 is 18.0 Å². The monoisotopic (exact) mass is 622 g/mol. The van der Waals surface area contributed by atoms with E-state index in [9.17, 15) is 19.5 Å². The highest BCUT2D eigenvalue weighted by Gasteiger charge is 2.42. The van der Waals surface area contributed by atoms with Crippen molar-refractivity contribution in [1.29, 1.82) is 0 Å². The van der Waals surface area contributed by atoms with E-state index in [1.165, 1.54) is 12.0 Å². The molecule has 240 valence electrons. The molecule has 0 spiro atoms. The third kappa shape index (κ3) is 9.52.